The minimum absolute atomic E-state index is 0.0116. The Morgan fingerprint density at radius 3 is 2.19 bits per heavy atom. The quantitative estimate of drug-likeness (QED) is 0.0423. The van der Waals surface area contributed by atoms with E-state index < -0.39 is 96.2 Å². The lowest BCUT2D eigenvalue weighted by Crippen LogP contribution is -2.55. The molecule has 0 bridgehead atoms. The molecule has 20 nitrogen and oxygen atoms in total. The maximum absolute atomic E-state index is 15.2. The fourth-order valence-electron chi connectivity index (χ4n) is 8.24. The summed E-state index contributed by atoms with van der Waals surface area (Å²) < 4.78 is 50.7. The molecule has 0 aliphatic carbocycles. The number of ether oxygens (including phenoxy) is 1. The van der Waals surface area contributed by atoms with Crippen molar-refractivity contribution in [2.75, 3.05) is 53.1 Å². The van der Waals surface area contributed by atoms with Gasteiger partial charge in [-0.05, 0) is 67.2 Å². The first kappa shape index (κ1) is 60.3. The van der Waals surface area contributed by atoms with Gasteiger partial charge in [0.15, 0.2) is 6.61 Å². The number of imide groups is 1. The van der Waals surface area contributed by atoms with Crippen molar-refractivity contribution in [2.24, 2.45) is 22.8 Å². The highest BCUT2D eigenvalue weighted by Crippen LogP contribution is 2.40. The monoisotopic (exact) mass is 1050 g/mol. The molecule has 0 fully saturated rings. The van der Waals surface area contributed by atoms with Crippen molar-refractivity contribution in [2.45, 2.75) is 110 Å². The van der Waals surface area contributed by atoms with Crippen LogP contribution in [0.25, 0.3) is 11.3 Å². The highest BCUT2D eigenvalue weighted by Gasteiger charge is 2.39. The summed E-state index contributed by atoms with van der Waals surface area (Å²) in [4.78, 5) is 111. The van der Waals surface area contributed by atoms with Crippen LogP contribution in [0, 0.1) is 23.0 Å². The van der Waals surface area contributed by atoms with Gasteiger partial charge < -0.3 is 51.8 Å². The van der Waals surface area contributed by atoms with E-state index in [1.165, 1.54) is 24.1 Å². The molecule has 2 aromatic carbocycles. The van der Waals surface area contributed by atoms with Gasteiger partial charge in [0.1, 0.15) is 36.2 Å². The Morgan fingerprint density at radius 2 is 1.55 bits per heavy atom. The first-order valence-electron chi connectivity index (χ1n) is 25.0. The number of carbonyl (C=O) groups is 8. The molecule has 3 aromatic rings. The number of urea groups is 1. The van der Waals surface area contributed by atoms with Crippen LogP contribution < -0.4 is 32.7 Å². The van der Waals surface area contributed by atoms with E-state index in [-0.39, 0.29) is 88.0 Å². The molecule has 0 unspecified atom stereocenters. The van der Waals surface area contributed by atoms with Crippen LogP contribution in [0.5, 0.6) is 0 Å². The Morgan fingerprint density at radius 1 is 0.853 bits per heavy atom. The van der Waals surface area contributed by atoms with E-state index in [1.54, 1.807) is 24.6 Å². The van der Waals surface area contributed by atoms with Gasteiger partial charge in [0.2, 0.25) is 17.7 Å². The number of hydrogen-bond donors (Lipinski definition) is 6. The molecule has 4 rings (SSSR count). The fourth-order valence-corrected chi connectivity index (χ4v) is 8.24. The zero-order chi connectivity index (χ0) is 55.4. The molecule has 1 aliphatic rings. The molecule has 1 aromatic heterocycles. The SMILES string of the molecule is CC(C)[C@H](NC(=O)CCCCCN1C(=O)C=CC1=O)C(=O)N[C@@H](CCCNC(N)=O)C(=O)NCCN(C)C(=O)OCC(=O)N(CC[C@H](N)CF)[C@@H](c1nc(-c2cc(F)ccc2F)cn1Cc1ccccc1)C(C)(C)C. The Kier molecular flexibility index (Phi) is 23.3. The molecule has 0 spiro atoms. The molecule has 9 amide bonds. The third kappa shape index (κ3) is 18.9. The van der Waals surface area contributed by atoms with Crippen LogP contribution in [0.1, 0.15) is 97.0 Å². The average Bonchev–Trinajstić information content (AvgIpc) is 3.91. The van der Waals surface area contributed by atoms with Crippen LogP contribution in [-0.4, -0.2) is 143 Å². The number of primary amides is 1. The molecule has 0 radical (unpaired) electrons. The third-order valence-electron chi connectivity index (χ3n) is 12.3. The Bertz CT molecular complexity index is 2470. The van der Waals surface area contributed by atoms with Gasteiger partial charge in [-0.2, -0.15) is 0 Å². The minimum Gasteiger partial charge on any atom is -0.439 e. The van der Waals surface area contributed by atoms with E-state index in [2.05, 4.69) is 21.3 Å². The predicted molar refractivity (Wildman–Crippen MR) is 272 cm³/mol. The van der Waals surface area contributed by atoms with Crippen molar-refractivity contribution in [1.29, 1.82) is 0 Å². The van der Waals surface area contributed by atoms with Crippen molar-refractivity contribution in [1.82, 2.24) is 45.5 Å². The van der Waals surface area contributed by atoms with Gasteiger partial charge in [0.25, 0.3) is 17.7 Å². The van der Waals surface area contributed by atoms with Gasteiger partial charge in [-0.15, -0.1) is 0 Å². The Hall–Kier alpha value is -7.30. The largest absolute Gasteiger partial charge is 0.439 e. The average molecular weight is 1050 g/mol. The summed E-state index contributed by atoms with van der Waals surface area (Å²) in [6, 6.07) is 7.47. The summed E-state index contributed by atoms with van der Waals surface area (Å²) in [7, 11) is 1.38. The third-order valence-corrected chi connectivity index (χ3v) is 12.3. The van der Waals surface area contributed by atoms with Crippen LogP contribution in [0.3, 0.4) is 0 Å². The second kappa shape index (κ2) is 29.0. The van der Waals surface area contributed by atoms with Crippen LogP contribution in [0.2, 0.25) is 0 Å². The molecule has 2 heterocycles. The summed E-state index contributed by atoms with van der Waals surface area (Å²) in [5.74, 6) is -4.64. The zero-order valence-corrected chi connectivity index (χ0v) is 43.5. The number of amides is 9. The van der Waals surface area contributed by atoms with E-state index >= 15 is 4.39 Å². The Balaban J connectivity index is 1.42. The molecular formula is C52H72F3N11O9. The van der Waals surface area contributed by atoms with Crippen molar-refractivity contribution >= 4 is 47.6 Å². The number of nitrogens with zero attached hydrogens (tertiary/aromatic N) is 5. The number of aromatic nitrogens is 2. The standard InChI is InChI=1S/C52H72F3N11O9/c1-33(2)45(62-41(67)17-11-8-12-25-65-42(68)20-21-43(65)69)49(72)61-39(16-13-23-59-50(57)73)48(71)58-24-27-63(6)51(74)75-32-44(70)66(26-22-36(56)29-53)46(52(3,4)5)47-60-40(37-28-35(54)18-19-38(37)55)31-64(47)30-34-14-9-7-10-15-34/h7,9-10,14-15,18-21,28,31,33,36,39,45-46H,8,11-13,16-17,22-27,29-30,32,56H2,1-6H3,(H,58,71)(H,61,72)(H,62,67)(H3,57,59,73)/t36-,39-,45-,46-/m0/s1. The molecule has 0 saturated heterocycles. The van der Waals surface area contributed by atoms with Crippen molar-refractivity contribution in [3.8, 4) is 11.3 Å². The van der Waals surface area contributed by atoms with Gasteiger partial charge in [0.05, 0.1) is 11.7 Å². The normalized spacial score (nSPS) is 14.0. The number of nitrogens with two attached hydrogens (primary N) is 2. The van der Waals surface area contributed by atoms with Gasteiger partial charge in [-0.3, -0.25) is 33.7 Å². The van der Waals surface area contributed by atoms with Crippen LogP contribution in [0.4, 0.5) is 22.8 Å². The lowest BCUT2D eigenvalue weighted by Gasteiger charge is -2.40. The molecule has 0 saturated carbocycles. The van der Waals surface area contributed by atoms with Gasteiger partial charge in [-0.25, -0.2) is 27.7 Å². The number of unbranched alkanes of at least 4 members (excludes halogenated alkanes) is 2. The highest BCUT2D eigenvalue weighted by molar-refractivity contribution is 6.12. The maximum Gasteiger partial charge on any atom is 0.410 e. The number of imidazole rings is 1. The smallest absolute Gasteiger partial charge is 0.410 e. The van der Waals surface area contributed by atoms with Crippen molar-refractivity contribution in [3.63, 3.8) is 0 Å². The summed E-state index contributed by atoms with van der Waals surface area (Å²) in [5.41, 5.74) is 11.2. The van der Waals surface area contributed by atoms with Gasteiger partial charge in [0, 0.05) is 82.7 Å². The molecule has 410 valence electrons. The zero-order valence-electron chi connectivity index (χ0n) is 43.5. The summed E-state index contributed by atoms with van der Waals surface area (Å²) in [6.45, 7) is 7.50. The lowest BCUT2D eigenvalue weighted by molar-refractivity contribution is -0.140. The molecule has 1 aliphatic heterocycles. The van der Waals surface area contributed by atoms with E-state index in [0.717, 1.165) is 33.6 Å². The van der Waals surface area contributed by atoms with E-state index in [1.807, 2.05) is 51.1 Å². The first-order valence-corrected chi connectivity index (χ1v) is 25.0. The predicted octanol–water partition coefficient (Wildman–Crippen LogP) is 4.22. The molecule has 8 N–H and O–H groups in total. The number of alkyl halides is 1. The van der Waals surface area contributed by atoms with Crippen LogP contribution >= 0.6 is 0 Å². The Labute approximate surface area is 435 Å². The molecule has 23 heteroatoms. The van der Waals surface area contributed by atoms with Crippen molar-refractivity contribution in [3.05, 3.63) is 89.9 Å². The van der Waals surface area contributed by atoms with Crippen molar-refractivity contribution < 1.29 is 56.3 Å². The van der Waals surface area contributed by atoms with E-state index in [9.17, 15) is 47.1 Å². The van der Waals surface area contributed by atoms with Gasteiger partial charge >= 0.3 is 12.1 Å². The van der Waals surface area contributed by atoms with Crippen LogP contribution in [0.15, 0.2) is 66.9 Å². The van der Waals surface area contributed by atoms with E-state index in [4.69, 9.17) is 21.2 Å². The summed E-state index contributed by atoms with van der Waals surface area (Å²) in [5, 5.41) is 10.5. The van der Waals surface area contributed by atoms with Crippen LogP contribution in [-0.2, 0) is 40.0 Å². The number of carbonyl (C=O) groups excluding carboxylic acids is 8. The molecule has 4 atom stereocenters. The highest BCUT2D eigenvalue weighted by atomic mass is 19.1. The van der Waals surface area contributed by atoms with E-state index in [0.29, 0.717) is 25.1 Å². The second-order valence-corrected chi connectivity index (χ2v) is 19.8. The topological polar surface area (TPSA) is 273 Å². The molecule has 75 heavy (non-hydrogen) atoms. The lowest BCUT2D eigenvalue weighted by atomic mass is 9.84. The van der Waals surface area contributed by atoms with Gasteiger partial charge in [-0.1, -0.05) is 71.4 Å². The number of halogens is 3. The summed E-state index contributed by atoms with van der Waals surface area (Å²) >= 11 is 0. The fraction of sp³-hybridized carbons (Fsp3) is 0.519. The number of hydrogen-bond acceptors (Lipinski definition) is 11. The minimum atomic E-state index is -1.15. The summed E-state index contributed by atoms with van der Waals surface area (Å²) in [6.07, 6.45) is 4.85. The second-order valence-electron chi connectivity index (χ2n) is 19.8. The number of nitrogens with one attached hydrogen (secondary N) is 4. The maximum atomic E-state index is 15.2. The number of benzene rings is 2. The first-order chi connectivity index (χ1) is 35.5. The number of likely N-dealkylation sites (N-methyl/N-ethyl adjacent to an activating group) is 1. The number of rotatable bonds is 29. The molecular weight excluding hydrogens is 980 g/mol.